The Morgan fingerprint density at radius 3 is 2.56 bits per heavy atom. The number of benzene rings is 1. The molecule has 130 valence electrons. The number of hydrogen-bond acceptors (Lipinski definition) is 6. The van der Waals surface area contributed by atoms with Crippen LogP contribution in [-0.2, 0) is 11.2 Å². The van der Waals surface area contributed by atoms with Crippen LogP contribution in [0.3, 0.4) is 0 Å². The molecule has 0 aliphatic heterocycles. The standard InChI is InChI=1S/C16H16N4O5/c1-25-14-3-2-12(20(23)24)8-11(14)9-13(15(17)21)19-16(22)10-4-6-18-7-5-10/h2-8,13H,9H2,1H3,(H2,17,21)(H,19,22)/t13-/m1/s1. The molecule has 25 heavy (non-hydrogen) atoms. The Morgan fingerprint density at radius 1 is 1.32 bits per heavy atom. The zero-order chi connectivity index (χ0) is 18.4. The number of nitro benzene ring substituents is 1. The van der Waals surface area contributed by atoms with Crippen LogP contribution in [0, 0.1) is 10.1 Å². The number of hydrogen-bond donors (Lipinski definition) is 2. The molecule has 1 atom stereocenters. The first kappa shape index (κ1) is 17.9. The van der Waals surface area contributed by atoms with E-state index in [2.05, 4.69) is 10.3 Å². The Kier molecular flexibility index (Phi) is 5.62. The van der Waals surface area contributed by atoms with Crippen molar-refractivity contribution in [2.75, 3.05) is 7.11 Å². The molecule has 2 amide bonds. The number of pyridine rings is 1. The number of aromatic nitrogens is 1. The van der Waals surface area contributed by atoms with Crippen molar-refractivity contribution in [1.82, 2.24) is 10.3 Å². The summed E-state index contributed by atoms with van der Waals surface area (Å²) in [6.07, 6.45) is 2.84. The number of nitro groups is 1. The van der Waals surface area contributed by atoms with Crippen molar-refractivity contribution in [1.29, 1.82) is 0 Å². The fraction of sp³-hybridized carbons (Fsp3) is 0.188. The van der Waals surface area contributed by atoms with Crippen molar-refractivity contribution in [2.45, 2.75) is 12.5 Å². The lowest BCUT2D eigenvalue weighted by atomic mass is 10.0. The molecule has 1 aromatic heterocycles. The number of amides is 2. The molecule has 1 aromatic carbocycles. The van der Waals surface area contributed by atoms with Gasteiger partial charge in [-0.3, -0.25) is 24.7 Å². The van der Waals surface area contributed by atoms with Gasteiger partial charge in [0.25, 0.3) is 11.6 Å². The van der Waals surface area contributed by atoms with Gasteiger partial charge in [0.2, 0.25) is 5.91 Å². The quantitative estimate of drug-likeness (QED) is 0.563. The van der Waals surface area contributed by atoms with Crippen LogP contribution in [0.5, 0.6) is 5.75 Å². The highest BCUT2D eigenvalue weighted by atomic mass is 16.6. The third kappa shape index (κ3) is 4.50. The Balaban J connectivity index is 2.24. The number of nitrogens with two attached hydrogens (primary N) is 1. The average molecular weight is 344 g/mol. The van der Waals surface area contributed by atoms with E-state index in [1.165, 1.54) is 49.8 Å². The molecule has 3 N–H and O–H groups in total. The molecule has 0 fully saturated rings. The van der Waals surface area contributed by atoms with E-state index in [-0.39, 0.29) is 12.1 Å². The smallest absolute Gasteiger partial charge is 0.269 e. The lowest BCUT2D eigenvalue weighted by molar-refractivity contribution is -0.384. The van der Waals surface area contributed by atoms with Crippen molar-refractivity contribution in [2.24, 2.45) is 5.73 Å². The Labute approximate surface area is 143 Å². The van der Waals surface area contributed by atoms with E-state index in [9.17, 15) is 19.7 Å². The predicted octanol–water partition coefficient (Wildman–Crippen LogP) is 0.825. The zero-order valence-corrected chi connectivity index (χ0v) is 13.3. The van der Waals surface area contributed by atoms with Crippen molar-refractivity contribution < 1.29 is 19.2 Å². The molecule has 1 heterocycles. The van der Waals surface area contributed by atoms with E-state index in [0.29, 0.717) is 16.9 Å². The van der Waals surface area contributed by atoms with Crippen LogP contribution in [0.1, 0.15) is 15.9 Å². The van der Waals surface area contributed by atoms with E-state index >= 15 is 0 Å². The van der Waals surface area contributed by atoms with Crippen LogP contribution in [-0.4, -0.2) is 34.9 Å². The lowest BCUT2D eigenvalue weighted by Gasteiger charge is -2.17. The van der Waals surface area contributed by atoms with Gasteiger partial charge in [-0.1, -0.05) is 0 Å². The normalized spacial score (nSPS) is 11.4. The molecular weight excluding hydrogens is 328 g/mol. The van der Waals surface area contributed by atoms with E-state index < -0.39 is 22.8 Å². The Hall–Kier alpha value is -3.49. The van der Waals surface area contributed by atoms with Gasteiger partial charge in [0.05, 0.1) is 12.0 Å². The number of carbonyl (C=O) groups is 2. The Morgan fingerprint density at radius 2 is 2.00 bits per heavy atom. The van der Waals surface area contributed by atoms with Crippen LogP contribution in [0.2, 0.25) is 0 Å². The van der Waals surface area contributed by atoms with Gasteiger partial charge in [-0.25, -0.2) is 0 Å². The second-order valence-corrected chi connectivity index (χ2v) is 5.12. The van der Waals surface area contributed by atoms with Crippen molar-refractivity contribution in [3.05, 3.63) is 64.0 Å². The largest absolute Gasteiger partial charge is 0.496 e. The minimum Gasteiger partial charge on any atom is -0.496 e. The molecule has 9 heteroatoms. The van der Waals surface area contributed by atoms with Gasteiger partial charge in [-0.05, 0) is 18.2 Å². The molecule has 0 unspecified atom stereocenters. The minimum atomic E-state index is -1.06. The molecule has 2 aromatic rings. The molecule has 0 spiro atoms. The summed E-state index contributed by atoms with van der Waals surface area (Å²) in [6.45, 7) is 0. The van der Waals surface area contributed by atoms with Gasteiger partial charge >= 0.3 is 0 Å². The van der Waals surface area contributed by atoms with E-state index in [0.717, 1.165) is 0 Å². The summed E-state index contributed by atoms with van der Waals surface area (Å²) in [5.41, 5.74) is 5.90. The van der Waals surface area contributed by atoms with Crippen molar-refractivity contribution in [3.63, 3.8) is 0 Å². The maximum absolute atomic E-state index is 12.2. The second kappa shape index (κ2) is 7.86. The van der Waals surface area contributed by atoms with Gasteiger partial charge in [0, 0.05) is 42.1 Å². The summed E-state index contributed by atoms with van der Waals surface area (Å²) in [5.74, 6) is -0.915. The zero-order valence-electron chi connectivity index (χ0n) is 13.3. The second-order valence-electron chi connectivity index (χ2n) is 5.12. The molecule has 2 rings (SSSR count). The molecular formula is C16H16N4O5. The first-order valence-corrected chi connectivity index (χ1v) is 7.24. The number of ether oxygens (including phenoxy) is 1. The summed E-state index contributed by atoms with van der Waals surface area (Å²) < 4.78 is 5.15. The maximum Gasteiger partial charge on any atom is 0.269 e. The molecule has 0 radical (unpaired) electrons. The molecule has 0 aliphatic carbocycles. The van der Waals surface area contributed by atoms with Gasteiger partial charge in [-0.15, -0.1) is 0 Å². The monoisotopic (exact) mass is 344 g/mol. The maximum atomic E-state index is 12.2. The fourth-order valence-electron chi connectivity index (χ4n) is 2.23. The number of nitrogens with zero attached hydrogens (tertiary/aromatic N) is 2. The third-order valence-electron chi connectivity index (χ3n) is 3.49. The Bertz CT molecular complexity index is 794. The number of rotatable bonds is 7. The first-order valence-electron chi connectivity index (χ1n) is 7.24. The van der Waals surface area contributed by atoms with E-state index in [1.54, 1.807) is 0 Å². The van der Waals surface area contributed by atoms with Crippen LogP contribution >= 0.6 is 0 Å². The van der Waals surface area contributed by atoms with Gasteiger partial charge < -0.3 is 15.8 Å². The number of non-ortho nitro benzene ring substituents is 1. The highest BCUT2D eigenvalue weighted by Crippen LogP contribution is 2.25. The van der Waals surface area contributed by atoms with Gasteiger partial charge in [-0.2, -0.15) is 0 Å². The predicted molar refractivity (Wildman–Crippen MR) is 88.0 cm³/mol. The molecule has 0 bridgehead atoms. The lowest BCUT2D eigenvalue weighted by Crippen LogP contribution is -2.45. The van der Waals surface area contributed by atoms with Crippen molar-refractivity contribution >= 4 is 17.5 Å². The number of carbonyl (C=O) groups excluding carboxylic acids is 2. The summed E-state index contributed by atoms with van der Waals surface area (Å²) in [6, 6.07) is 5.92. The highest BCUT2D eigenvalue weighted by molar-refractivity contribution is 5.97. The summed E-state index contributed by atoms with van der Waals surface area (Å²) >= 11 is 0. The number of nitrogens with one attached hydrogen (secondary N) is 1. The molecule has 0 saturated heterocycles. The summed E-state index contributed by atoms with van der Waals surface area (Å²) in [4.78, 5) is 38.1. The molecule has 9 nitrogen and oxygen atoms in total. The van der Waals surface area contributed by atoms with Crippen molar-refractivity contribution in [3.8, 4) is 5.75 Å². The summed E-state index contributed by atoms with van der Waals surface area (Å²) in [7, 11) is 1.40. The first-order chi connectivity index (χ1) is 11.9. The van der Waals surface area contributed by atoms with Gasteiger partial charge in [0.15, 0.2) is 0 Å². The summed E-state index contributed by atoms with van der Waals surface area (Å²) in [5, 5.41) is 13.4. The van der Waals surface area contributed by atoms with Crippen LogP contribution in [0.25, 0.3) is 0 Å². The minimum absolute atomic E-state index is 0.0446. The van der Waals surface area contributed by atoms with E-state index in [4.69, 9.17) is 10.5 Å². The topological polar surface area (TPSA) is 137 Å². The van der Waals surface area contributed by atoms with Crippen LogP contribution in [0.4, 0.5) is 5.69 Å². The number of methoxy groups -OCH3 is 1. The van der Waals surface area contributed by atoms with Crippen LogP contribution < -0.4 is 15.8 Å². The average Bonchev–Trinajstić information content (AvgIpc) is 2.61. The van der Waals surface area contributed by atoms with Gasteiger partial charge in [0.1, 0.15) is 11.8 Å². The van der Waals surface area contributed by atoms with E-state index in [1.807, 2.05) is 0 Å². The number of primary amides is 1. The highest BCUT2D eigenvalue weighted by Gasteiger charge is 2.22. The van der Waals surface area contributed by atoms with Crippen LogP contribution in [0.15, 0.2) is 42.7 Å². The molecule has 0 saturated carbocycles. The fourth-order valence-corrected chi connectivity index (χ4v) is 2.23. The molecule has 0 aliphatic rings. The third-order valence-corrected chi connectivity index (χ3v) is 3.49. The SMILES string of the molecule is COc1ccc([N+](=O)[O-])cc1C[C@@H](NC(=O)c1ccncc1)C(N)=O.